The first-order valence-corrected chi connectivity index (χ1v) is 10.9. The van der Waals surface area contributed by atoms with E-state index >= 15 is 0 Å². The summed E-state index contributed by atoms with van der Waals surface area (Å²) in [5, 5.41) is 13.5. The molecule has 1 heterocycles. The van der Waals surface area contributed by atoms with Crippen LogP contribution in [-0.2, 0) is 10.0 Å². The highest BCUT2D eigenvalue weighted by Gasteiger charge is 2.23. The summed E-state index contributed by atoms with van der Waals surface area (Å²) in [5.74, 6) is -0.703. The number of phenols is 1. The quantitative estimate of drug-likeness (QED) is 0.480. The van der Waals surface area contributed by atoms with Crippen molar-refractivity contribution in [1.82, 2.24) is 9.29 Å². The zero-order chi connectivity index (χ0) is 20.5. The lowest BCUT2D eigenvalue weighted by Crippen LogP contribution is -2.30. The Hall–Kier alpha value is -2.36. The van der Waals surface area contributed by atoms with Crippen molar-refractivity contribution in [2.75, 3.05) is 18.4 Å². The molecule has 0 saturated heterocycles. The van der Waals surface area contributed by atoms with Crippen molar-refractivity contribution < 1.29 is 18.3 Å². The number of phenolic OH excluding ortho intramolecular Hbond substituents is 1. The molecule has 1 amide bonds. The van der Waals surface area contributed by atoms with Crippen LogP contribution in [0.1, 0.15) is 24.3 Å². The highest BCUT2D eigenvalue weighted by atomic mass is 79.9. The standard InChI is InChI=1S/C19H20BrN3O4S/c1-3-23(4-2)28(26,27)14-6-8-18(24)16(11-14)22-19(25)17-10-12-9-13(20)5-7-15(12)21-17/h5-11,21,24H,3-4H2,1-2H3,(H,22,25). The Kier molecular flexibility index (Phi) is 5.78. The maximum absolute atomic E-state index is 12.7. The van der Waals surface area contributed by atoms with Crippen LogP contribution in [0.25, 0.3) is 10.9 Å². The van der Waals surface area contributed by atoms with Crippen LogP contribution in [0.4, 0.5) is 5.69 Å². The average Bonchev–Trinajstić information content (AvgIpc) is 3.07. The van der Waals surface area contributed by atoms with Crippen molar-refractivity contribution in [3.05, 3.63) is 52.6 Å². The third-order valence-corrected chi connectivity index (χ3v) is 6.93. The number of carbonyl (C=O) groups excluding carboxylic acids is 1. The molecule has 0 aliphatic rings. The predicted octanol–water partition coefficient (Wildman–Crippen LogP) is 3.92. The molecular formula is C19H20BrN3O4S. The first-order chi connectivity index (χ1) is 13.3. The monoisotopic (exact) mass is 465 g/mol. The van der Waals surface area contributed by atoms with Crippen LogP contribution in [-0.4, -0.2) is 41.8 Å². The minimum Gasteiger partial charge on any atom is -0.506 e. The lowest BCUT2D eigenvalue weighted by Gasteiger charge is -2.19. The molecule has 3 N–H and O–H groups in total. The number of nitrogens with one attached hydrogen (secondary N) is 2. The summed E-state index contributed by atoms with van der Waals surface area (Å²) in [7, 11) is -3.71. The second-order valence-electron chi connectivity index (χ2n) is 6.14. The summed E-state index contributed by atoms with van der Waals surface area (Å²) >= 11 is 3.38. The van der Waals surface area contributed by atoms with Crippen LogP contribution in [0.2, 0.25) is 0 Å². The average molecular weight is 466 g/mol. The number of H-pyrrole nitrogens is 1. The maximum atomic E-state index is 12.7. The van der Waals surface area contributed by atoms with Gasteiger partial charge in [-0.05, 0) is 42.5 Å². The van der Waals surface area contributed by atoms with Gasteiger partial charge in [-0.1, -0.05) is 29.8 Å². The van der Waals surface area contributed by atoms with Gasteiger partial charge >= 0.3 is 0 Å². The minimum atomic E-state index is -3.71. The molecule has 0 bridgehead atoms. The third-order valence-electron chi connectivity index (χ3n) is 4.39. The van der Waals surface area contributed by atoms with Crippen LogP contribution < -0.4 is 5.32 Å². The SMILES string of the molecule is CCN(CC)S(=O)(=O)c1ccc(O)c(NC(=O)c2cc3cc(Br)ccc3[nH]2)c1. The number of hydrogen-bond donors (Lipinski definition) is 3. The number of carbonyl (C=O) groups is 1. The summed E-state index contributed by atoms with van der Waals surface area (Å²) in [6, 6.07) is 11.1. The number of anilines is 1. The molecular weight excluding hydrogens is 446 g/mol. The number of rotatable bonds is 6. The van der Waals surface area contributed by atoms with Gasteiger partial charge in [0.15, 0.2) is 0 Å². The lowest BCUT2D eigenvalue weighted by atomic mass is 10.2. The van der Waals surface area contributed by atoms with Crippen LogP contribution in [0.3, 0.4) is 0 Å². The molecule has 9 heteroatoms. The molecule has 0 saturated carbocycles. The van der Waals surface area contributed by atoms with Crippen molar-refractivity contribution in [2.24, 2.45) is 0 Å². The molecule has 7 nitrogen and oxygen atoms in total. The van der Waals surface area contributed by atoms with Crippen LogP contribution >= 0.6 is 15.9 Å². The van der Waals surface area contributed by atoms with Crippen LogP contribution in [0.5, 0.6) is 5.75 Å². The second kappa shape index (κ2) is 7.94. The van der Waals surface area contributed by atoms with Gasteiger partial charge in [-0.3, -0.25) is 4.79 Å². The van der Waals surface area contributed by atoms with Crippen molar-refractivity contribution in [3.8, 4) is 5.75 Å². The largest absolute Gasteiger partial charge is 0.506 e. The van der Waals surface area contributed by atoms with Crippen molar-refractivity contribution >= 4 is 48.5 Å². The number of fused-ring (bicyclic) bond motifs is 1. The highest BCUT2D eigenvalue weighted by Crippen LogP contribution is 2.29. The van der Waals surface area contributed by atoms with E-state index < -0.39 is 15.9 Å². The molecule has 0 radical (unpaired) electrons. The number of aromatic nitrogens is 1. The van der Waals surface area contributed by atoms with E-state index in [9.17, 15) is 18.3 Å². The van der Waals surface area contributed by atoms with Crippen molar-refractivity contribution in [3.63, 3.8) is 0 Å². The first kappa shape index (κ1) is 20.4. The van der Waals surface area contributed by atoms with E-state index in [0.717, 1.165) is 15.4 Å². The number of aromatic amines is 1. The predicted molar refractivity (Wildman–Crippen MR) is 112 cm³/mol. The molecule has 2 aromatic carbocycles. The number of benzene rings is 2. The van der Waals surface area contributed by atoms with E-state index in [1.165, 1.54) is 22.5 Å². The zero-order valence-electron chi connectivity index (χ0n) is 15.4. The molecule has 0 aliphatic carbocycles. The fourth-order valence-electron chi connectivity index (χ4n) is 2.90. The Labute approximate surface area is 171 Å². The van der Waals surface area contributed by atoms with Gasteiger partial charge in [0.25, 0.3) is 5.91 Å². The van der Waals surface area contributed by atoms with Gasteiger partial charge in [0.2, 0.25) is 10.0 Å². The molecule has 1 aromatic heterocycles. The number of amides is 1. The Morgan fingerprint density at radius 2 is 1.86 bits per heavy atom. The fraction of sp³-hybridized carbons (Fsp3) is 0.211. The molecule has 0 spiro atoms. The molecule has 0 fully saturated rings. The number of sulfonamides is 1. The van der Waals surface area contributed by atoms with Crippen LogP contribution in [0.15, 0.2) is 51.8 Å². The minimum absolute atomic E-state index is 0.00452. The van der Waals surface area contributed by atoms with Gasteiger partial charge in [0.05, 0.1) is 10.6 Å². The summed E-state index contributed by atoms with van der Waals surface area (Å²) in [6.45, 7) is 4.15. The first-order valence-electron chi connectivity index (χ1n) is 8.69. The van der Waals surface area contributed by atoms with E-state index in [0.29, 0.717) is 18.8 Å². The second-order valence-corrected chi connectivity index (χ2v) is 8.99. The number of halogens is 1. The smallest absolute Gasteiger partial charge is 0.272 e. The highest BCUT2D eigenvalue weighted by molar-refractivity contribution is 9.10. The summed E-state index contributed by atoms with van der Waals surface area (Å²) in [4.78, 5) is 15.6. The molecule has 28 heavy (non-hydrogen) atoms. The summed E-state index contributed by atoms with van der Waals surface area (Å²) in [6.07, 6.45) is 0. The van der Waals surface area contributed by atoms with Crippen molar-refractivity contribution in [2.45, 2.75) is 18.7 Å². The molecule has 0 atom stereocenters. The Balaban J connectivity index is 1.92. The Morgan fingerprint density at radius 3 is 2.54 bits per heavy atom. The van der Waals surface area contributed by atoms with E-state index in [2.05, 4.69) is 26.2 Å². The summed E-state index contributed by atoms with van der Waals surface area (Å²) in [5.41, 5.74) is 1.11. The number of hydrogen-bond acceptors (Lipinski definition) is 4. The van der Waals surface area contributed by atoms with E-state index in [1.807, 2.05) is 18.2 Å². The molecule has 3 aromatic rings. The third kappa shape index (κ3) is 3.91. The fourth-order valence-corrected chi connectivity index (χ4v) is 4.77. The van der Waals surface area contributed by atoms with Crippen molar-refractivity contribution in [1.29, 1.82) is 0 Å². The van der Waals surface area contributed by atoms with E-state index in [1.54, 1.807) is 19.9 Å². The maximum Gasteiger partial charge on any atom is 0.272 e. The van der Waals surface area contributed by atoms with Crippen LogP contribution in [0, 0.1) is 0 Å². The summed E-state index contributed by atoms with van der Waals surface area (Å²) < 4.78 is 27.6. The molecule has 0 unspecified atom stereocenters. The number of nitrogens with zero attached hydrogens (tertiary/aromatic N) is 1. The number of aromatic hydroxyl groups is 1. The molecule has 148 valence electrons. The molecule has 0 aliphatic heterocycles. The normalized spacial score (nSPS) is 11.9. The van der Waals surface area contributed by atoms with Gasteiger partial charge in [-0.2, -0.15) is 4.31 Å². The zero-order valence-corrected chi connectivity index (χ0v) is 17.8. The molecule has 3 rings (SSSR count). The van der Waals surface area contributed by atoms with Gasteiger partial charge < -0.3 is 15.4 Å². The van der Waals surface area contributed by atoms with Gasteiger partial charge in [0, 0.05) is 28.5 Å². The van der Waals surface area contributed by atoms with Gasteiger partial charge in [-0.25, -0.2) is 8.42 Å². The lowest BCUT2D eigenvalue weighted by molar-refractivity contribution is 0.102. The topological polar surface area (TPSA) is 102 Å². The van der Waals surface area contributed by atoms with E-state index in [-0.39, 0.29) is 16.3 Å². The van der Waals surface area contributed by atoms with Gasteiger partial charge in [0.1, 0.15) is 11.4 Å². The van der Waals surface area contributed by atoms with Gasteiger partial charge in [-0.15, -0.1) is 0 Å². The Bertz CT molecular complexity index is 1140. The van der Waals surface area contributed by atoms with E-state index in [4.69, 9.17) is 0 Å². The Morgan fingerprint density at radius 1 is 1.14 bits per heavy atom.